The molecule has 1 saturated heterocycles. The number of benzene rings is 3. The molecule has 1 aromatic heterocycles. The molecule has 0 aliphatic carbocycles. The average Bonchev–Trinajstić information content (AvgIpc) is 2.97. The molecule has 4 aromatic rings. The molecule has 2 heterocycles. The van der Waals surface area contributed by atoms with Gasteiger partial charge in [-0.15, -0.1) is 0 Å². The molecular formula is C30H30F2N4O3. The van der Waals surface area contributed by atoms with E-state index in [2.05, 4.69) is 20.2 Å². The lowest BCUT2D eigenvalue weighted by Gasteiger charge is -2.26. The van der Waals surface area contributed by atoms with Crippen molar-refractivity contribution >= 4 is 34.6 Å². The molecule has 0 amide bonds. The number of nitrogens with one attached hydrogen (secondary N) is 1. The van der Waals surface area contributed by atoms with Crippen LogP contribution in [-0.4, -0.2) is 61.4 Å². The molecule has 0 bridgehead atoms. The van der Waals surface area contributed by atoms with Crippen LogP contribution in [0.25, 0.3) is 23.1 Å². The third-order valence-corrected chi connectivity index (χ3v) is 6.49. The Balaban J connectivity index is 1.27. The number of anilines is 2. The predicted octanol–water partition coefficient (Wildman–Crippen LogP) is 5.93. The van der Waals surface area contributed by atoms with E-state index in [0.717, 1.165) is 67.5 Å². The largest absolute Gasteiger partial charge is 0.493 e. The fraction of sp³-hybridized carbons (Fsp3) is 0.267. The third-order valence-electron chi connectivity index (χ3n) is 6.49. The van der Waals surface area contributed by atoms with Crippen molar-refractivity contribution in [2.24, 2.45) is 0 Å². The summed E-state index contributed by atoms with van der Waals surface area (Å²) in [5.41, 5.74) is 3.06. The lowest BCUT2D eigenvalue weighted by atomic mass is 10.1. The van der Waals surface area contributed by atoms with Gasteiger partial charge in [-0.2, -0.15) is 0 Å². The second kappa shape index (κ2) is 12.6. The predicted molar refractivity (Wildman–Crippen MR) is 148 cm³/mol. The standard InChI is InChI=1S/C30H30F2N4O3/c1-37-28-19-27-24(18-29(28)39-14-2-11-36-12-15-38-16-13-36)30(34-20-33-27)35-23-8-5-21(6-9-23)3-4-22-7-10-25(31)26(32)17-22/h3-10,17-20H,2,11-16H2,1H3,(H,33,34,35)/b4-3+. The Kier molecular flexibility index (Phi) is 8.60. The van der Waals surface area contributed by atoms with Gasteiger partial charge in [0.05, 0.1) is 32.4 Å². The van der Waals surface area contributed by atoms with Gasteiger partial charge < -0.3 is 19.5 Å². The van der Waals surface area contributed by atoms with Gasteiger partial charge in [-0.25, -0.2) is 18.7 Å². The average molecular weight is 533 g/mol. The topological polar surface area (TPSA) is 68.7 Å². The van der Waals surface area contributed by atoms with Gasteiger partial charge in [-0.05, 0) is 47.9 Å². The van der Waals surface area contributed by atoms with Crippen molar-refractivity contribution in [2.75, 3.05) is 51.9 Å². The van der Waals surface area contributed by atoms with Crippen LogP contribution in [0.4, 0.5) is 20.3 Å². The summed E-state index contributed by atoms with van der Waals surface area (Å²) in [5, 5.41) is 4.16. The molecule has 9 heteroatoms. The molecule has 1 N–H and O–H groups in total. The minimum absolute atomic E-state index is 0.565. The summed E-state index contributed by atoms with van der Waals surface area (Å²) in [6.07, 6.45) is 5.98. The maximum Gasteiger partial charge on any atom is 0.162 e. The highest BCUT2D eigenvalue weighted by Gasteiger charge is 2.13. The highest BCUT2D eigenvalue weighted by atomic mass is 19.2. The lowest BCUT2D eigenvalue weighted by Crippen LogP contribution is -2.37. The SMILES string of the molecule is COc1cc2ncnc(Nc3ccc(/C=C/c4ccc(F)c(F)c4)cc3)c2cc1OCCCN1CCOCC1. The quantitative estimate of drug-likeness (QED) is 0.201. The number of halogens is 2. The van der Waals surface area contributed by atoms with E-state index in [4.69, 9.17) is 14.2 Å². The second-order valence-electron chi connectivity index (χ2n) is 9.15. The van der Waals surface area contributed by atoms with Crippen molar-refractivity contribution < 1.29 is 23.0 Å². The number of hydrogen-bond acceptors (Lipinski definition) is 7. The molecule has 1 fully saturated rings. The number of morpholine rings is 1. The van der Waals surface area contributed by atoms with Crippen molar-refractivity contribution in [3.63, 3.8) is 0 Å². The van der Waals surface area contributed by atoms with Crippen molar-refractivity contribution in [3.05, 3.63) is 83.7 Å². The van der Waals surface area contributed by atoms with Crippen LogP contribution in [0.15, 0.2) is 60.9 Å². The summed E-state index contributed by atoms with van der Waals surface area (Å²) in [6, 6.07) is 15.3. The molecule has 0 radical (unpaired) electrons. The molecule has 3 aromatic carbocycles. The zero-order chi connectivity index (χ0) is 27.0. The molecule has 7 nitrogen and oxygen atoms in total. The molecule has 0 unspecified atom stereocenters. The van der Waals surface area contributed by atoms with Crippen molar-refractivity contribution in [3.8, 4) is 11.5 Å². The van der Waals surface area contributed by atoms with Crippen LogP contribution in [0.5, 0.6) is 11.5 Å². The summed E-state index contributed by atoms with van der Waals surface area (Å²) in [4.78, 5) is 11.2. The maximum atomic E-state index is 13.4. The number of ether oxygens (including phenoxy) is 3. The smallest absolute Gasteiger partial charge is 0.162 e. The van der Waals surface area contributed by atoms with E-state index < -0.39 is 11.6 Å². The number of hydrogen-bond donors (Lipinski definition) is 1. The van der Waals surface area contributed by atoms with Crippen molar-refractivity contribution in [1.82, 2.24) is 14.9 Å². The van der Waals surface area contributed by atoms with E-state index in [-0.39, 0.29) is 0 Å². The molecule has 5 rings (SSSR count). The molecule has 202 valence electrons. The Labute approximate surface area is 226 Å². The van der Waals surface area contributed by atoms with Gasteiger partial charge in [0, 0.05) is 36.8 Å². The summed E-state index contributed by atoms with van der Waals surface area (Å²) >= 11 is 0. The highest BCUT2D eigenvalue weighted by molar-refractivity contribution is 5.93. The number of aromatic nitrogens is 2. The van der Waals surface area contributed by atoms with E-state index in [1.165, 1.54) is 18.5 Å². The Hall–Kier alpha value is -4.08. The number of fused-ring (bicyclic) bond motifs is 1. The second-order valence-corrected chi connectivity index (χ2v) is 9.15. The van der Waals surface area contributed by atoms with E-state index in [1.807, 2.05) is 42.5 Å². The molecule has 1 aliphatic rings. The van der Waals surface area contributed by atoms with Crippen LogP contribution in [0.1, 0.15) is 17.5 Å². The van der Waals surface area contributed by atoms with Crippen LogP contribution in [-0.2, 0) is 4.74 Å². The minimum Gasteiger partial charge on any atom is -0.493 e. The third kappa shape index (κ3) is 6.87. The summed E-state index contributed by atoms with van der Waals surface area (Å²) in [7, 11) is 1.62. The maximum absolute atomic E-state index is 13.4. The van der Waals surface area contributed by atoms with Gasteiger partial charge in [-0.1, -0.05) is 30.4 Å². The number of nitrogens with zero attached hydrogens (tertiary/aromatic N) is 3. The highest BCUT2D eigenvalue weighted by Crippen LogP contribution is 2.35. The fourth-order valence-corrected chi connectivity index (χ4v) is 4.35. The molecular weight excluding hydrogens is 502 g/mol. The van der Waals surface area contributed by atoms with Crippen LogP contribution >= 0.6 is 0 Å². The summed E-state index contributed by atoms with van der Waals surface area (Å²) in [5.74, 6) is 0.179. The first-order chi connectivity index (χ1) is 19.1. The van der Waals surface area contributed by atoms with Crippen LogP contribution in [0.2, 0.25) is 0 Å². The minimum atomic E-state index is -0.868. The number of methoxy groups -OCH3 is 1. The molecule has 39 heavy (non-hydrogen) atoms. The Morgan fingerprint density at radius 3 is 2.46 bits per heavy atom. The van der Waals surface area contributed by atoms with E-state index >= 15 is 0 Å². The van der Waals surface area contributed by atoms with Gasteiger partial charge in [0.1, 0.15) is 12.1 Å². The Morgan fingerprint density at radius 2 is 1.69 bits per heavy atom. The van der Waals surface area contributed by atoms with E-state index in [1.54, 1.807) is 13.2 Å². The van der Waals surface area contributed by atoms with Crippen molar-refractivity contribution in [1.29, 1.82) is 0 Å². The summed E-state index contributed by atoms with van der Waals surface area (Å²) in [6.45, 7) is 5.00. The zero-order valence-corrected chi connectivity index (χ0v) is 21.7. The summed E-state index contributed by atoms with van der Waals surface area (Å²) < 4.78 is 43.7. The Bertz CT molecular complexity index is 1440. The van der Waals surface area contributed by atoms with Crippen LogP contribution in [0, 0.1) is 11.6 Å². The van der Waals surface area contributed by atoms with E-state index in [9.17, 15) is 8.78 Å². The van der Waals surface area contributed by atoms with Crippen LogP contribution in [0.3, 0.4) is 0 Å². The molecule has 0 saturated carbocycles. The molecule has 0 atom stereocenters. The fourth-order valence-electron chi connectivity index (χ4n) is 4.35. The molecule has 0 spiro atoms. The van der Waals surface area contributed by atoms with Gasteiger partial charge in [0.2, 0.25) is 0 Å². The Morgan fingerprint density at radius 1 is 0.923 bits per heavy atom. The van der Waals surface area contributed by atoms with Gasteiger partial charge >= 0.3 is 0 Å². The van der Waals surface area contributed by atoms with Crippen LogP contribution < -0.4 is 14.8 Å². The lowest BCUT2D eigenvalue weighted by molar-refractivity contribution is 0.0357. The van der Waals surface area contributed by atoms with Gasteiger partial charge in [0.15, 0.2) is 23.1 Å². The normalized spacial score (nSPS) is 14.1. The van der Waals surface area contributed by atoms with Crippen molar-refractivity contribution in [2.45, 2.75) is 6.42 Å². The first-order valence-electron chi connectivity index (χ1n) is 12.8. The van der Waals surface area contributed by atoms with Gasteiger partial charge in [0.25, 0.3) is 0 Å². The first kappa shape index (κ1) is 26.5. The van der Waals surface area contributed by atoms with Gasteiger partial charge in [-0.3, -0.25) is 4.90 Å². The number of rotatable bonds is 10. The monoisotopic (exact) mass is 532 g/mol. The first-order valence-corrected chi connectivity index (χ1v) is 12.8. The molecule has 1 aliphatic heterocycles. The van der Waals surface area contributed by atoms with E-state index in [0.29, 0.717) is 29.5 Å². The zero-order valence-electron chi connectivity index (χ0n) is 21.7.